The van der Waals surface area contributed by atoms with Crippen LogP contribution in [0.25, 0.3) is 0 Å². The van der Waals surface area contributed by atoms with Crippen molar-refractivity contribution in [2.24, 2.45) is 10.8 Å². The summed E-state index contributed by atoms with van der Waals surface area (Å²) in [4.78, 5) is 10.6. The number of hydrogen-bond acceptors (Lipinski definition) is 4. The van der Waals surface area contributed by atoms with Crippen molar-refractivity contribution < 1.29 is 14.3 Å². The maximum Gasteiger partial charge on any atom is 0.332 e. The second kappa shape index (κ2) is 8.56. The van der Waals surface area contributed by atoms with Crippen LogP contribution in [-0.2, 0) is 6.61 Å². The van der Waals surface area contributed by atoms with E-state index in [1.165, 1.54) is 6.21 Å². The zero-order chi connectivity index (χ0) is 17.5. The van der Waals surface area contributed by atoms with Crippen molar-refractivity contribution in [3.8, 4) is 11.5 Å². The number of benzene rings is 2. The zero-order valence-corrected chi connectivity index (χ0v) is 15.1. The number of nitrogens with zero attached hydrogens (tertiary/aromatic N) is 1. The molecule has 0 saturated carbocycles. The highest BCUT2D eigenvalue weighted by Crippen LogP contribution is 2.36. The van der Waals surface area contributed by atoms with Gasteiger partial charge in [0.05, 0.1) is 17.8 Å². The summed E-state index contributed by atoms with van der Waals surface area (Å²) < 4.78 is 11.9. The molecule has 0 aliphatic heterocycles. The fraction of sp³-hybridized carbons (Fsp3) is 0.125. The van der Waals surface area contributed by atoms with Crippen LogP contribution in [-0.4, -0.2) is 19.4 Å². The van der Waals surface area contributed by atoms with E-state index in [0.29, 0.717) is 33.2 Å². The molecule has 126 valence electrons. The molecule has 2 aromatic rings. The Kier molecular flexibility index (Phi) is 6.45. The van der Waals surface area contributed by atoms with Gasteiger partial charge in [0.25, 0.3) is 0 Å². The van der Waals surface area contributed by atoms with Gasteiger partial charge in [0.1, 0.15) is 6.61 Å². The van der Waals surface area contributed by atoms with E-state index < -0.39 is 6.03 Å². The lowest BCUT2D eigenvalue weighted by molar-refractivity contribution is 0.249. The first-order valence-electron chi connectivity index (χ1n) is 6.83. The van der Waals surface area contributed by atoms with Crippen LogP contribution in [0.5, 0.6) is 11.5 Å². The molecule has 0 fully saturated rings. The Morgan fingerprint density at radius 1 is 1.38 bits per heavy atom. The van der Waals surface area contributed by atoms with Gasteiger partial charge in [0.15, 0.2) is 11.5 Å². The number of hydrazone groups is 1. The maximum atomic E-state index is 10.6. The first-order chi connectivity index (χ1) is 11.5. The first kappa shape index (κ1) is 18.1. The van der Waals surface area contributed by atoms with Gasteiger partial charge >= 0.3 is 6.03 Å². The van der Waals surface area contributed by atoms with Crippen LogP contribution >= 0.6 is 27.5 Å². The summed E-state index contributed by atoms with van der Waals surface area (Å²) in [6.07, 6.45) is 1.45. The number of hydrogen-bond donors (Lipinski definition) is 2. The number of nitrogens with two attached hydrogens (primary N) is 1. The van der Waals surface area contributed by atoms with E-state index in [4.69, 9.17) is 26.8 Å². The zero-order valence-electron chi connectivity index (χ0n) is 12.8. The molecule has 2 aromatic carbocycles. The largest absolute Gasteiger partial charge is 0.493 e. The Morgan fingerprint density at radius 2 is 2.08 bits per heavy atom. The van der Waals surface area contributed by atoms with Gasteiger partial charge in [0.2, 0.25) is 0 Å². The number of nitrogens with one attached hydrogen (secondary N) is 1. The van der Waals surface area contributed by atoms with Crippen LogP contribution in [0.15, 0.2) is 46.0 Å². The average Bonchev–Trinajstić information content (AvgIpc) is 2.54. The molecule has 0 radical (unpaired) electrons. The topological polar surface area (TPSA) is 85.9 Å². The number of ether oxygens (including phenoxy) is 2. The Labute approximate surface area is 152 Å². The summed E-state index contributed by atoms with van der Waals surface area (Å²) in [6.45, 7) is 0.364. The van der Waals surface area contributed by atoms with Crippen molar-refractivity contribution in [2.45, 2.75) is 6.61 Å². The molecule has 0 unspecified atom stereocenters. The molecule has 8 heteroatoms. The van der Waals surface area contributed by atoms with Crippen molar-refractivity contribution in [1.82, 2.24) is 5.43 Å². The third kappa shape index (κ3) is 5.14. The van der Waals surface area contributed by atoms with Gasteiger partial charge in [-0.3, -0.25) is 0 Å². The van der Waals surface area contributed by atoms with E-state index in [1.54, 1.807) is 31.4 Å². The van der Waals surface area contributed by atoms with E-state index in [2.05, 4.69) is 26.5 Å². The molecule has 0 atom stereocenters. The number of urea groups is 1. The highest BCUT2D eigenvalue weighted by atomic mass is 79.9. The Hall–Kier alpha value is -2.25. The molecular formula is C16H15BrClN3O3. The fourth-order valence-electron chi connectivity index (χ4n) is 1.86. The summed E-state index contributed by atoms with van der Waals surface area (Å²) in [5, 5.41) is 4.38. The van der Waals surface area contributed by atoms with Gasteiger partial charge in [-0.05, 0) is 51.3 Å². The predicted octanol–water partition coefficient (Wildman–Crippen LogP) is 3.69. The highest BCUT2D eigenvalue weighted by Gasteiger charge is 2.11. The summed E-state index contributed by atoms with van der Waals surface area (Å²) in [5.41, 5.74) is 8.75. The number of halogens is 2. The Bertz CT molecular complexity index is 751. The van der Waals surface area contributed by atoms with Gasteiger partial charge in [-0.15, -0.1) is 0 Å². The smallest absolute Gasteiger partial charge is 0.332 e. The molecule has 3 N–H and O–H groups in total. The molecular weight excluding hydrogens is 398 g/mol. The molecule has 0 spiro atoms. The third-order valence-electron chi connectivity index (χ3n) is 2.94. The summed E-state index contributed by atoms with van der Waals surface area (Å²) in [6, 6.07) is 10.2. The highest BCUT2D eigenvalue weighted by molar-refractivity contribution is 9.10. The van der Waals surface area contributed by atoms with Gasteiger partial charge < -0.3 is 15.2 Å². The van der Waals surface area contributed by atoms with Crippen LogP contribution in [0.1, 0.15) is 11.1 Å². The second-order valence-corrected chi connectivity index (χ2v) is 5.97. The summed E-state index contributed by atoms with van der Waals surface area (Å²) >= 11 is 9.31. The standard InChI is InChI=1S/C16H15BrClN3O3/c1-23-14-7-11(8-20-21-16(19)22)6-13(17)15(14)24-9-10-2-4-12(18)5-3-10/h2-8H,9H2,1H3,(H3,19,21,22)/b20-8-. The van der Waals surface area contributed by atoms with Crippen LogP contribution in [0, 0.1) is 0 Å². The minimum atomic E-state index is -0.736. The van der Waals surface area contributed by atoms with E-state index >= 15 is 0 Å². The monoisotopic (exact) mass is 411 g/mol. The van der Waals surface area contributed by atoms with Gasteiger partial charge in [-0.25, -0.2) is 10.2 Å². The van der Waals surface area contributed by atoms with E-state index in [0.717, 1.165) is 5.56 Å². The Morgan fingerprint density at radius 3 is 2.71 bits per heavy atom. The lowest BCUT2D eigenvalue weighted by Gasteiger charge is -2.13. The van der Waals surface area contributed by atoms with Crippen LogP contribution in [0.3, 0.4) is 0 Å². The Balaban J connectivity index is 2.15. The minimum absolute atomic E-state index is 0.364. The third-order valence-corrected chi connectivity index (χ3v) is 3.78. The van der Waals surface area contributed by atoms with Gasteiger partial charge in [0, 0.05) is 5.02 Å². The summed E-state index contributed by atoms with van der Waals surface area (Å²) in [7, 11) is 1.54. The molecule has 0 aliphatic carbocycles. The SMILES string of the molecule is COc1cc(/C=N\NC(N)=O)cc(Br)c1OCc1ccc(Cl)cc1. The van der Waals surface area contributed by atoms with Crippen molar-refractivity contribution in [3.05, 3.63) is 57.0 Å². The normalized spacial score (nSPS) is 10.6. The minimum Gasteiger partial charge on any atom is -0.493 e. The van der Waals surface area contributed by atoms with Crippen LogP contribution < -0.4 is 20.6 Å². The van der Waals surface area contributed by atoms with Gasteiger partial charge in [-0.2, -0.15) is 5.10 Å². The average molecular weight is 413 g/mol. The van der Waals surface area contributed by atoms with Crippen molar-refractivity contribution >= 4 is 39.8 Å². The van der Waals surface area contributed by atoms with Crippen LogP contribution in [0.4, 0.5) is 4.79 Å². The first-order valence-corrected chi connectivity index (χ1v) is 8.00. The van der Waals surface area contributed by atoms with E-state index in [-0.39, 0.29) is 0 Å². The molecule has 24 heavy (non-hydrogen) atoms. The molecule has 0 heterocycles. The molecule has 2 amide bonds. The van der Waals surface area contributed by atoms with Crippen molar-refractivity contribution in [2.75, 3.05) is 7.11 Å². The number of carbonyl (C=O) groups excluding carboxylic acids is 1. The number of methoxy groups -OCH3 is 1. The molecule has 2 rings (SSSR count). The maximum absolute atomic E-state index is 10.6. The number of rotatable bonds is 6. The molecule has 0 saturated heterocycles. The number of carbonyl (C=O) groups is 1. The molecule has 0 aliphatic rings. The molecule has 0 bridgehead atoms. The number of primary amides is 1. The van der Waals surface area contributed by atoms with Crippen molar-refractivity contribution in [3.63, 3.8) is 0 Å². The second-order valence-electron chi connectivity index (χ2n) is 4.68. The lowest BCUT2D eigenvalue weighted by atomic mass is 10.2. The van der Waals surface area contributed by atoms with E-state index in [1.807, 2.05) is 12.1 Å². The van der Waals surface area contributed by atoms with Gasteiger partial charge in [-0.1, -0.05) is 23.7 Å². The molecule has 0 aromatic heterocycles. The fourth-order valence-corrected chi connectivity index (χ4v) is 2.56. The van der Waals surface area contributed by atoms with Crippen molar-refractivity contribution in [1.29, 1.82) is 0 Å². The van der Waals surface area contributed by atoms with E-state index in [9.17, 15) is 4.79 Å². The quantitative estimate of drug-likeness (QED) is 0.560. The van der Waals surface area contributed by atoms with Crippen LogP contribution in [0.2, 0.25) is 5.02 Å². The molecule has 6 nitrogen and oxygen atoms in total. The predicted molar refractivity (Wildman–Crippen MR) is 96.8 cm³/mol. The number of amides is 2. The lowest BCUT2D eigenvalue weighted by Crippen LogP contribution is -2.24. The summed E-state index contributed by atoms with van der Waals surface area (Å²) in [5.74, 6) is 1.09.